The zero-order valence-electron chi connectivity index (χ0n) is 12.2. The van der Waals surface area contributed by atoms with Crippen LogP contribution in [0.25, 0.3) is 10.9 Å². The molecule has 5 heteroatoms. The second kappa shape index (κ2) is 6.20. The highest BCUT2D eigenvalue weighted by Gasteiger charge is 2.08. The number of nitrogens with zero attached hydrogens (tertiary/aromatic N) is 2. The van der Waals surface area contributed by atoms with Crippen molar-refractivity contribution in [2.24, 2.45) is 0 Å². The van der Waals surface area contributed by atoms with Gasteiger partial charge in [0, 0.05) is 17.0 Å². The number of benzene rings is 2. The van der Waals surface area contributed by atoms with Crippen LogP contribution >= 0.6 is 11.6 Å². The summed E-state index contributed by atoms with van der Waals surface area (Å²) < 4.78 is 1.71. The SMILES string of the molecule is Cc1ccc2cnn(CC(=O)NCc3ccccc3Cl)c2c1. The van der Waals surface area contributed by atoms with Crippen molar-refractivity contribution in [1.29, 1.82) is 0 Å². The lowest BCUT2D eigenvalue weighted by molar-refractivity contribution is -0.121. The first kappa shape index (κ1) is 14.6. The van der Waals surface area contributed by atoms with Crippen LogP contribution in [-0.4, -0.2) is 15.7 Å². The van der Waals surface area contributed by atoms with Crippen LogP contribution in [0.15, 0.2) is 48.7 Å². The minimum atomic E-state index is -0.0913. The van der Waals surface area contributed by atoms with E-state index in [9.17, 15) is 4.79 Å². The van der Waals surface area contributed by atoms with Gasteiger partial charge in [0.1, 0.15) is 6.54 Å². The highest BCUT2D eigenvalue weighted by atomic mass is 35.5. The molecule has 0 unspecified atom stereocenters. The van der Waals surface area contributed by atoms with Crippen LogP contribution < -0.4 is 5.32 Å². The molecule has 0 saturated carbocycles. The van der Waals surface area contributed by atoms with Gasteiger partial charge in [-0.3, -0.25) is 9.48 Å². The van der Waals surface area contributed by atoms with Gasteiger partial charge in [0.25, 0.3) is 0 Å². The summed E-state index contributed by atoms with van der Waals surface area (Å²) in [4.78, 5) is 12.1. The average Bonchev–Trinajstić information content (AvgIpc) is 2.89. The molecule has 1 heterocycles. The summed E-state index contributed by atoms with van der Waals surface area (Å²) in [6.07, 6.45) is 1.77. The van der Waals surface area contributed by atoms with Crippen molar-refractivity contribution < 1.29 is 4.79 Å². The van der Waals surface area contributed by atoms with Crippen molar-refractivity contribution in [3.05, 3.63) is 64.8 Å². The number of carbonyl (C=O) groups excluding carboxylic acids is 1. The average molecular weight is 314 g/mol. The van der Waals surface area contributed by atoms with Crippen molar-refractivity contribution >= 4 is 28.4 Å². The number of hydrogen-bond acceptors (Lipinski definition) is 2. The molecule has 1 amide bonds. The summed E-state index contributed by atoms with van der Waals surface area (Å²) in [7, 11) is 0. The molecular weight excluding hydrogens is 298 g/mol. The molecule has 1 aromatic heterocycles. The zero-order valence-corrected chi connectivity index (χ0v) is 13.0. The summed E-state index contributed by atoms with van der Waals surface area (Å²) in [5.74, 6) is -0.0913. The Labute approximate surface area is 133 Å². The molecule has 0 aliphatic rings. The van der Waals surface area contributed by atoms with Gasteiger partial charge in [0.15, 0.2) is 0 Å². The van der Waals surface area contributed by atoms with E-state index in [1.807, 2.05) is 49.4 Å². The van der Waals surface area contributed by atoms with Gasteiger partial charge in [-0.1, -0.05) is 41.9 Å². The Morgan fingerprint density at radius 3 is 2.91 bits per heavy atom. The predicted molar refractivity (Wildman–Crippen MR) is 87.8 cm³/mol. The van der Waals surface area contributed by atoms with E-state index in [4.69, 9.17) is 11.6 Å². The molecule has 0 aliphatic heterocycles. The normalized spacial score (nSPS) is 10.8. The fourth-order valence-corrected chi connectivity index (χ4v) is 2.54. The predicted octanol–water partition coefficient (Wildman–Crippen LogP) is 3.31. The molecule has 0 atom stereocenters. The lowest BCUT2D eigenvalue weighted by atomic mass is 10.2. The Morgan fingerprint density at radius 1 is 1.27 bits per heavy atom. The van der Waals surface area contributed by atoms with E-state index >= 15 is 0 Å². The summed E-state index contributed by atoms with van der Waals surface area (Å²) in [6, 6.07) is 13.6. The first-order valence-electron chi connectivity index (χ1n) is 7.06. The third-order valence-corrected chi connectivity index (χ3v) is 3.90. The molecule has 3 aromatic rings. The first-order chi connectivity index (χ1) is 10.6. The number of hydrogen-bond donors (Lipinski definition) is 1. The van der Waals surface area contributed by atoms with Gasteiger partial charge < -0.3 is 5.32 Å². The Morgan fingerprint density at radius 2 is 2.09 bits per heavy atom. The minimum absolute atomic E-state index is 0.0913. The summed E-state index contributed by atoms with van der Waals surface area (Å²) in [5.41, 5.74) is 3.01. The molecule has 0 fully saturated rings. The molecule has 0 bridgehead atoms. The molecule has 4 nitrogen and oxygen atoms in total. The molecular formula is C17H16ClN3O. The van der Waals surface area contributed by atoms with Crippen molar-refractivity contribution in [1.82, 2.24) is 15.1 Å². The van der Waals surface area contributed by atoms with E-state index in [0.717, 1.165) is 22.0 Å². The smallest absolute Gasteiger partial charge is 0.242 e. The van der Waals surface area contributed by atoms with Gasteiger partial charge in [0.05, 0.1) is 11.7 Å². The number of aromatic nitrogens is 2. The Bertz CT molecular complexity index is 826. The standard InChI is InChI=1S/C17H16ClN3O/c1-12-6-7-14-10-20-21(16(14)8-12)11-17(22)19-9-13-4-2-3-5-15(13)18/h2-8,10H,9,11H2,1H3,(H,19,22). The van der Waals surface area contributed by atoms with Gasteiger partial charge in [-0.15, -0.1) is 0 Å². The molecule has 1 N–H and O–H groups in total. The zero-order chi connectivity index (χ0) is 15.5. The quantitative estimate of drug-likeness (QED) is 0.803. The molecule has 22 heavy (non-hydrogen) atoms. The van der Waals surface area contributed by atoms with Crippen molar-refractivity contribution in [3.8, 4) is 0 Å². The third kappa shape index (κ3) is 3.12. The molecule has 112 valence electrons. The lowest BCUT2D eigenvalue weighted by Gasteiger charge is -2.08. The highest BCUT2D eigenvalue weighted by molar-refractivity contribution is 6.31. The van der Waals surface area contributed by atoms with Crippen LogP contribution in [0, 0.1) is 6.92 Å². The van der Waals surface area contributed by atoms with E-state index in [2.05, 4.69) is 10.4 Å². The fraction of sp³-hybridized carbons (Fsp3) is 0.176. The number of halogens is 1. The van der Waals surface area contributed by atoms with Crippen LogP contribution in [0.2, 0.25) is 5.02 Å². The maximum Gasteiger partial charge on any atom is 0.242 e. The molecule has 0 spiro atoms. The minimum Gasteiger partial charge on any atom is -0.350 e. The van der Waals surface area contributed by atoms with Gasteiger partial charge >= 0.3 is 0 Å². The van der Waals surface area contributed by atoms with E-state index < -0.39 is 0 Å². The van der Waals surface area contributed by atoms with Crippen LogP contribution in [0.1, 0.15) is 11.1 Å². The Kier molecular flexibility index (Phi) is 4.11. The molecule has 2 aromatic carbocycles. The summed E-state index contributed by atoms with van der Waals surface area (Å²) in [6.45, 7) is 2.63. The first-order valence-corrected chi connectivity index (χ1v) is 7.43. The third-order valence-electron chi connectivity index (χ3n) is 3.53. The summed E-state index contributed by atoms with van der Waals surface area (Å²) >= 11 is 6.08. The van der Waals surface area contributed by atoms with Gasteiger partial charge in [-0.25, -0.2) is 0 Å². The highest BCUT2D eigenvalue weighted by Crippen LogP contribution is 2.16. The Balaban J connectivity index is 1.68. The number of carbonyl (C=O) groups is 1. The van der Waals surface area contributed by atoms with Gasteiger partial charge in [-0.2, -0.15) is 5.10 Å². The van der Waals surface area contributed by atoms with E-state index in [1.54, 1.807) is 10.9 Å². The van der Waals surface area contributed by atoms with Crippen LogP contribution in [0.4, 0.5) is 0 Å². The van der Waals surface area contributed by atoms with Crippen LogP contribution in [0.3, 0.4) is 0 Å². The topological polar surface area (TPSA) is 46.9 Å². The van der Waals surface area contributed by atoms with Crippen molar-refractivity contribution in [2.45, 2.75) is 20.0 Å². The van der Waals surface area contributed by atoms with Crippen molar-refractivity contribution in [2.75, 3.05) is 0 Å². The molecule has 0 radical (unpaired) electrons. The number of rotatable bonds is 4. The molecule has 0 saturated heterocycles. The largest absolute Gasteiger partial charge is 0.350 e. The van der Waals surface area contributed by atoms with Crippen LogP contribution in [-0.2, 0) is 17.9 Å². The van der Waals surface area contributed by atoms with Gasteiger partial charge in [0.2, 0.25) is 5.91 Å². The summed E-state index contributed by atoms with van der Waals surface area (Å²) in [5, 5.41) is 8.84. The second-order valence-corrected chi connectivity index (χ2v) is 5.64. The number of fused-ring (bicyclic) bond motifs is 1. The van der Waals surface area contributed by atoms with Crippen LogP contribution in [0.5, 0.6) is 0 Å². The Hall–Kier alpha value is -2.33. The van der Waals surface area contributed by atoms with E-state index in [1.165, 1.54) is 0 Å². The monoisotopic (exact) mass is 313 g/mol. The molecule has 3 rings (SSSR count). The van der Waals surface area contributed by atoms with Gasteiger partial charge in [-0.05, 0) is 30.2 Å². The number of nitrogens with one attached hydrogen (secondary N) is 1. The fourth-order valence-electron chi connectivity index (χ4n) is 2.33. The van der Waals surface area contributed by atoms with E-state index in [0.29, 0.717) is 11.6 Å². The lowest BCUT2D eigenvalue weighted by Crippen LogP contribution is -2.27. The number of aryl methyl sites for hydroxylation is 1. The maximum absolute atomic E-state index is 12.1. The van der Waals surface area contributed by atoms with E-state index in [-0.39, 0.29) is 12.5 Å². The number of amides is 1. The second-order valence-electron chi connectivity index (χ2n) is 5.23. The van der Waals surface area contributed by atoms with Crippen molar-refractivity contribution in [3.63, 3.8) is 0 Å². The molecule has 0 aliphatic carbocycles. The maximum atomic E-state index is 12.1.